The molecule has 0 bridgehead atoms. The molecule has 0 radical (unpaired) electrons. The summed E-state index contributed by atoms with van der Waals surface area (Å²) in [5.41, 5.74) is -0.0256. The summed E-state index contributed by atoms with van der Waals surface area (Å²) in [6, 6.07) is 5.74. The fraction of sp³-hybridized carbons (Fsp3) is 0.444. The van der Waals surface area contributed by atoms with Gasteiger partial charge in [0.05, 0.1) is 23.4 Å². The molecule has 1 fully saturated rings. The van der Waals surface area contributed by atoms with E-state index in [0.29, 0.717) is 30.3 Å². The van der Waals surface area contributed by atoms with Gasteiger partial charge in [0.15, 0.2) is 11.6 Å². The van der Waals surface area contributed by atoms with Gasteiger partial charge in [0.25, 0.3) is 5.91 Å². The van der Waals surface area contributed by atoms with Crippen molar-refractivity contribution in [1.29, 1.82) is 0 Å². The molecule has 14 heteroatoms. The molecule has 2 atom stereocenters. The number of rotatable bonds is 9. The second kappa shape index (κ2) is 13.5. The lowest BCUT2D eigenvalue weighted by Crippen LogP contribution is -2.52. The van der Waals surface area contributed by atoms with Crippen molar-refractivity contribution in [2.75, 3.05) is 36.4 Å². The lowest BCUT2D eigenvalue weighted by molar-refractivity contribution is -0.138. The number of amides is 3. The first kappa shape index (κ1) is 32.1. The van der Waals surface area contributed by atoms with Crippen LogP contribution in [0.1, 0.15) is 43.1 Å². The van der Waals surface area contributed by atoms with E-state index in [0.717, 1.165) is 6.07 Å². The normalized spacial score (nSPS) is 16.7. The van der Waals surface area contributed by atoms with Crippen LogP contribution in [0.25, 0.3) is 0 Å². The van der Waals surface area contributed by atoms with Gasteiger partial charge in [0.2, 0.25) is 11.8 Å². The highest BCUT2D eigenvalue weighted by atomic mass is 35.5. The Morgan fingerprint density at radius 2 is 1.80 bits per heavy atom. The Morgan fingerprint density at radius 3 is 2.44 bits per heavy atom. The molecular weight excluding hydrogens is 573 g/mol. The zero-order valence-electron chi connectivity index (χ0n) is 22.7. The third-order valence-corrected chi connectivity index (χ3v) is 6.85. The van der Waals surface area contributed by atoms with E-state index < -0.39 is 53.6 Å². The molecule has 0 saturated carbocycles. The number of halogens is 6. The molecule has 224 valence electrons. The lowest BCUT2D eigenvalue weighted by atomic mass is 10.1. The zero-order valence-corrected chi connectivity index (χ0v) is 23.4. The largest absolute Gasteiger partial charge is 0.390 e. The molecule has 3 N–H and O–H groups in total. The van der Waals surface area contributed by atoms with Crippen molar-refractivity contribution in [3.05, 3.63) is 58.1 Å². The van der Waals surface area contributed by atoms with Crippen molar-refractivity contribution in [3.8, 4) is 0 Å². The second-order valence-electron chi connectivity index (χ2n) is 9.86. The molecule has 8 nitrogen and oxygen atoms in total. The fourth-order valence-corrected chi connectivity index (χ4v) is 4.69. The van der Waals surface area contributed by atoms with Gasteiger partial charge in [0, 0.05) is 56.3 Å². The van der Waals surface area contributed by atoms with E-state index in [-0.39, 0.29) is 30.4 Å². The first-order valence-electron chi connectivity index (χ1n) is 12.8. The Balaban J connectivity index is 1.72. The summed E-state index contributed by atoms with van der Waals surface area (Å²) in [6.45, 7) is 5.04. The quantitative estimate of drug-likeness (QED) is 0.368. The summed E-state index contributed by atoms with van der Waals surface area (Å²) < 4.78 is 67.7. The van der Waals surface area contributed by atoms with Gasteiger partial charge in [-0.05, 0) is 38.1 Å². The molecule has 0 aromatic heterocycles. The Bertz CT molecular complexity index is 1290. The summed E-state index contributed by atoms with van der Waals surface area (Å²) in [4.78, 5) is 39.7. The molecule has 2 aromatic carbocycles. The summed E-state index contributed by atoms with van der Waals surface area (Å²) in [5.74, 6) is -4.69. The third kappa shape index (κ3) is 8.77. The van der Waals surface area contributed by atoms with Gasteiger partial charge in [-0.25, -0.2) is 8.78 Å². The minimum absolute atomic E-state index is 0.125. The Morgan fingerprint density at radius 1 is 1.10 bits per heavy atom. The first-order chi connectivity index (χ1) is 19.2. The molecule has 1 saturated heterocycles. The summed E-state index contributed by atoms with van der Waals surface area (Å²) in [7, 11) is 0. The van der Waals surface area contributed by atoms with Crippen LogP contribution >= 0.6 is 11.6 Å². The summed E-state index contributed by atoms with van der Waals surface area (Å²) >= 11 is 6.19. The number of nitrogens with one attached hydrogen (secondary N) is 3. The SMILES string of the molecule is CC(=O)NC(C)C(=O)NCc1ccc(C(=O)Nc2ccc(Cl)cc2N2CCN(CCC(F)(F)F)C[C@H]2C)c(F)c1F. The number of carbonyl (C=O) groups excluding carboxylic acids is 3. The fourth-order valence-electron chi connectivity index (χ4n) is 4.52. The molecule has 1 unspecified atom stereocenters. The standard InChI is InChI=1S/C27H31ClF5N5O3/c1-15-14-37(9-8-27(31,32)33)10-11-38(15)22-12-19(28)5-7-21(22)36-26(41)20-6-4-18(23(29)24(20)30)13-34-25(40)16(2)35-17(3)39/h4-7,12,15-16H,8-11,13-14H2,1-3H3,(H,34,40)(H,35,39)(H,36,41)/t15-,16?/m1/s1. The topological polar surface area (TPSA) is 93.8 Å². The maximum Gasteiger partial charge on any atom is 0.390 e. The Hall–Kier alpha value is -3.45. The van der Waals surface area contributed by atoms with Crippen LogP contribution < -0.4 is 20.9 Å². The minimum Gasteiger partial charge on any atom is -0.365 e. The monoisotopic (exact) mass is 603 g/mol. The van der Waals surface area contributed by atoms with Crippen molar-refractivity contribution in [3.63, 3.8) is 0 Å². The van der Waals surface area contributed by atoms with E-state index in [2.05, 4.69) is 16.0 Å². The smallest absolute Gasteiger partial charge is 0.365 e. The molecule has 1 aliphatic rings. The molecule has 1 aliphatic heterocycles. The van der Waals surface area contributed by atoms with Crippen molar-refractivity contribution >= 4 is 40.7 Å². The first-order valence-corrected chi connectivity index (χ1v) is 13.2. The second-order valence-corrected chi connectivity index (χ2v) is 10.3. The number of hydrogen-bond acceptors (Lipinski definition) is 5. The lowest BCUT2D eigenvalue weighted by Gasteiger charge is -2.42. The third-order valence-electron chi connectivity index (χ3n) is 6.61. The maximum atomic E-state index is 14.9. The molecule has 3 amide bonds. The molecule has 0 aliphatic carbocycles. The van der Waals surface area contributed by atoms with Crippen LogP contribution in [0.15, 0.2) is 30.3 Å². The van der Waals surface area contributed by atoms with Crippen LogP contribution in [-0.4, -0.2) is 67.1 Å². The highest BCUT2D eigenvalue weighted by Gasteiger charge is 2.31. The predicted octanol–water partition coefficient (Wildman–Crippen LogP) is 4.47. The van der Waals surface area contributed by atoms with E-state index in [1.165, 1.54) is 32.0 Å². The Labute approximate surface area is 239 Å². The summed E-state index contributed by atoms with van der Waals surface area (Å²) in [6.07, 6.45) is -5.17. The van der Waals surface area contributed by atoms with Crippen molar-refractivity contribution in [1.82, 2.24) is 15.5 Å². The van der Waals surface area contributed by atoms with Crippen LogP contribution in [0.4, 0.5) is 33.3 Å². The van der Waals surface area contributed by atoms with E-state index in [4.69, 9.17) is 11.6 Å². The van der Waals surface area contributed by atoms with Crippen LogP contribution in [0.2, 0.25) is 5.02 Å². The highest BCUT2D eigenvalue weighted by molar-refractivity contribution is 6.31. The zero-order chi connectivity index (χ0) is 30.5. The minimum atomic E-state index is -4.25. The number of carbonyl (C=O) groups is 3. The van der Waals surface area contributed by atoms with Crippen molar-refractivity contribution in [2.24, 2.45) is 0 Å². The van der Waals surface area contributed by atoms with Gasteiger partial charge in [-0.15, -0.1) is 0 Å². The van der Waals surface area contributed by atoms with Crippen LogP contribution in [0.5, 0.6) is 0 Å². The summed E-state index contributed by atoms with van der Waals surface area (Å²) in [5, 5.41) is 7.70. The van der Waals surface area contributed by atoms with Gasteiger partial charge in [-0.2, -0.15) is 13.2 Å². The van der Waals surface area contributed by atoms with Gasteiger partial charge < -0.3 is 20.9 Å². The number of alkyl halides is 3. The van der Waals surface area contributed by atoms with Gasteiger partial charge in [0.1, 0.15) is 6.04 Å². The van der Waals surface area contributed by atoms with Gasteiger partial charge in [-0.1, -0.05) is 17.7 Å². The number of benzene rings is 2. The molecule has 1 heterocycles. The van der Waals surface area contributed by atoms with E-state index in [1.54, 1.807) is 11.0 Å². The van der Waals surface area contributed by atoms with Crippen LogP contribution in [0, 0.1) is 11.6 Å². The average molecular weight is 604 g/mol. The molecule has 3 rings (SSSR count). The van der Waals surface area contributed by atoms with Gasteiger partial charge in [-0.3, -0.25) is 19.3 Å². The number of piperazine rings is 1. The van der Waals surface area contributed by atoms with Crippen molar-refractivity contribution in [2.45, 2.75) is 52.0 Å². The maximum absolute atomic E-state index is 14.9. The van der Waals surface area contributed by atoms with Crippen molar-refractivity contribution < 1.29 is 36.3 Å². The van der Waals surface area contributed by atoms with E-state index in [9.17, 15) is 36.3 Å². The van der Waals surface area contributed by atoms with Crippen LogP contribution in [0.3, 0.4) is 0 Å². The molecule has 2 aromatic rings. The predicted molar refractivity (Wildman–Crippen MR) is 145 cm³/mol. The highest BCUT2D eigenvalue weighted by Crippen LogP contribution is 2.33. The Kier molecular flexibility index (Phi) is 10.5. The molecular formula is C27H31ClF5N5O3. The number of hydrogen-bond donors (Lipinski definition) is 3. The van der Waals surface area contributed by atoms with E-state index >= 15 is 0 Å². The molecule has 41 heavy (non-hydrogen) atoms. The van der Waals surface area contributed by atoms with Gasteiger partial charge >= 0.3 is 6.18 Å². The van der Waals surface area contributed by atoms with E-state index in [1.807, 2.05) is 11.8 Å². The average Bonchev–Trinajstić information content (AvgIpc) is 2.88. The number of anilines is 2. The number of nitrogens with zero attached hydrogens (tertiary/aromatic N) is 2. The van der Waals surface area contributed by atoms with Crippen LogP contribution in [-0.2, 0) is 16.1 Å². The molecule has 0 spiro atoms.